The number of sulfone groups is 1. The molecule has 0 bridgehead atoms. The second kappa shape index (κ2) is 31.3. The van der Waals surface area contributed by atoms with E-state index in [1.165, 1.54) is 46.7 Å². The Bertz CT molecular complexity index is 3930. The van der Waals surface area contributed by atoms with Gasteiger partial charge in [0.05, 0.1) is 48.1 Å². The standard InChI is InChI=1S/C67H78ClF3N10O12S3/c1-66(2)25-23-53(45-11-15-48(68)16-12-45)47(42-66)43-78-31-33-79(34-32-78)50-17-13-46(14-18-50)61(83)76-96(90,91)52-19-20-55(58(41-52)95(88,89)67(69,70)71)74-49(44-94-51-7-4-3-5-8-51)24-28-77-29-35-80(36-30-77)65(87)73-27-38-93-40-39-92-37-26-72-56-10-6-9-54-60(56)64(86)81(63(54)85)57-21-22-59(82)75-62(57)84/h3-20,41,49,57,72,74H,21-40,42-44H2,1-2H3,(H,73,87)(H,76,83)(H,75,82,84)/t49-,57?/m1/s1. The molecule has 0 radical (unpaired) electrons. The summed E-state index contributed by atoms with van der Waals surface area (Å²) in [5.74, 6) is -3.19. The van der Waals surface area contributed by atoms with E-state index in [0.717, 1.165) is 66.5 Å². The number of alkyl halides is 3. The van der Waals surface area contributed by atoms with Crippen LogP contribution in [-0.4, -0.2) is 200 Å². The third-order valence-electron chi connectivity index (χ3n) is 17.7. The van der Waals surface area contributed by atoms with Crippen molar-refractivity contribution < 1.29 is 68.2 Å². The third-order valence-corrected chi connectivity index (χ3v) is 21.9. The van der Waals surface area contributed by atoms with E-state index < -0.39 is 82.5 Å². The molecule has 22 nitrogen and oxygen atoms in total. The first-order valence-electron chi connectivity index (χ1n) is 31.8. The number of nitrogens with zero attached hydrogens (tertiary/aromatic N) is 5. The largest absolute Gasteiger partial charge is 0.501 e. The summed E-state index contributed by atoms with van der Waals surface area (Å²) in [4.78, 5) is 85.2. The summed E-state index contributed by atoms with van der Waals surface area (Å²) < 4.78 is 111. The van der Waals surface area contributed by atoms with Crippen LogP contribution in [0.15, 0.2) is 136 Å². The highest BCUT2D eigenvalue weighted by Crippen LogP contribution is 2.43. The zero-order chi connectivity index (χ0) is 68.4. The lowest BCUT2D eigenvalue weighted by atomic mass is 9.73. The second-order valence-electron chi connectivity index (χ2n) is 24.9. The topological polar surface area (TPSA) is 266 Å². The molecule has 0 spiro atoms. The molecule has 3 saturated heterocycles. The Morgan fingerprint density at radius 2 is 1.45 bits per heavy atom. The van der Waals surface area contributed by atoms with Gasteiger partial charge in [0, 0.05) is 124 Å². The van der Waals surface area contributed by atoms with E-state index in [0.29, 0.717) is 69.0 Å². The highest BCUT2D eigenvalue weighted by Gasteiger charge is 2.49. The molecule has 5 N–H and O–H groups in total. The number of rotatable bonds is 27. The number of piperazine rings is 2. The maximum Gasteiger partial charge on any atom is 0.501 e. The van der Waals surface area contributed by atoms with Gasteiger partial charge >= 0.3 is 11.5 Å². The second-order valence-corrected chi connectivity index (χ2v) is 30.0. The number of piperidine rings is 1. The molecule has 0 saturated carbocycles. The molecule has 1 aliphatic carbocycles. The number of hydrogen-bond donors (Lipinski definition) is 5. The summed E-state index contributed by atoms with van der Waals surface area (Å²) in [6.45, 7) is 11.8. The van der Waals surface area contributed by atoms with Crippen LogP contribution in [0.1, 0.15) is 89.0 Å². The van der Waals surface area contributed by atoms with Gasteiger partial charge in [0.1, 0.15) is 10.9 Å². The van der Waals surface area contributed by atoms with Crippen LogP contribution in [0.4, 0.5) is 35.0 Å². The Labute approximate surface area is 565 Å². The Hall–Kier alpha value is -7.57. The van der Waals surface area contributed by atoms with Gasteiger partial charge in [-0.25, -0.2) is 26.4 Å². The maximum atomic E-state index is 14.5. The highest BCUT2D eigenvalue weighted by molar-refractivity contribution is 7.99. The molecule has 0 aromatic heterocycles. The number of thioether (sulfide) groups is 1. The van der Waals surface area contributed by atoms with Crippen molar-refractivity contribution >= 4 is 101 Å². The van der Waals surface area contributed by atoms with Crippen molar-refractivity contribution in [1.82, 2.24) is 35.0 Å². The van der Waals surface area contributed by atoms with Crippen LogP contribution in [0, 0.1) is 5.41 Å². The van der Waals surface area contributed by atoms with Gasteiger partial charge in [0.25, 0.3) is 37.6 Å². The number of allylic oxidation sites excluding steroid dienone is 1. The van der Waals surface area contributed by atoms with Crippen molar-refractivity contribution in [3.63, 3.8) is 0 Å². The fourth-order valence-electron chi connectivity index (χ4n) is 12.4. The summed E-state index contributed by atoms with van der Waals surface area (Å²) in [6.07, 6.45) is 3.44. The number of hydrogen-bond acceptors (Lipinski definition) is 18. The van der Waals surface area contributed by atoms with Gasteiger partial charge in [-0.1, -0.05) is 67.4 Å². The maximum absolute atomic E-state index is 14.5. The van der Waals surface area contributed by atoms with Crippen LogP contribution < -0.4 is 30.9 Å². The molecule has 2 atom stereocenters. The number of urea groups is 1. The van der Waals surface area contributed by atoms with Crippen molar-refractivity contribution in [2.24, 2.45) is 5.41 Å². The average molecular weight is 1400 g/mol. The van der Waals surface area contributed by atoms with Crippen LogP contribution >= 0.6 is 23.4 Å². The monoisotopic (exact) mass is 1400 g/mol. The van der Waals surface area contributed by atoms with Crippen molar-refractivity contribution in [3.8, 4) is 0 Å². The van der Waals surface area contributed by atoms with Gasteiger partial charge in [0.15, 0.2) is 0 Å². The minimum absolute atomic E-state index is 0.0117. The van der Waals surface area contributed by atoms with E-state index in [4.69, 9.17) is 21.1 Å². The molecule has 514 valence electrons. The zero-order valence-electron chi connectivity index (χ0n) is 53.3. The van der Waals surface area contributed by atoms with Crippen LogP contribution in [0.2, 0.25) is 5.02 Å². The number of amides is 7. The van der Waals surface area contributed by atoms with Crippen LogP contribution in [0.5, 0.6) is 0 Å². The molecule has 1 unspecified atom stereocenters. The number of benzene rings is 5. The number of carbonyl (C=O) groups excluding carboxylic acids is 6. The average Bonchev–Trinajstić information content (AvgIpc) is 1.64. The predicted molar refractivity (Wildman–Crippen MR) is 359 cm³/mol. The lowest BCUT2D eigenvalue weighted by Gasteiger charge is -2.39. The number of fused-ring (bicyclic) bond motifs is 1. The molecule has 4 heterocycles. The van der Waals surface area contributed by atoms with Gasteiger partial charge in [-0.15, -0.1) is 11.8 Å². The molecule has 10 rings (SSSR count). The summed E-state index contributed by atoms with van der Waals surface area (Å²) in [5, 5.41) is 11.8. The van der Waals surface area contributed by atoms with Crippen LogP contribution in [0.3, 0.4) is 0 Å². The Balaban J connectivity index is 0.675. The quantitative estimate of drug-likeness (QED) is 0.0188. The third kappa shape index (κ3) is 17.8. The van der Waals surface area contributed by atoms with E-state index in [2.05, 4.69) is 61.9 Å². The van der Waals surface area contributed by atoms with E-state index in [-0.39, 0.29) is 86.2 Å². The number of carbonyl (C=O) groups is 6. The van der Waals surface area contributed by atoms with Crippen molar-refractivity contribution in [3.05, 3.63) is 148 Å². The van der Waals surface area contributed by atoms with Crippen molar-refractivity contribution in [2.45, 2.75) is 84.7 Å². The van der Waals surface area contributed by atoms with Crippen LogP contribution in [-0.2, 0) is 38.9 Å². The fourth-order valence-corrected chi connectivity index (χ4v) is 15.6. The number of sulfonamides is 1. The lowest BCUT2D eigenvalue weighted by molar-refractivity contribution is -0.136. The molecule has 29 heteroatoms. The van der Waals surface area contributed by atoms with Crippen LogP contribution in [0.25, 0.3) is 5.57 Å². The Morgan fingerprint density at radius 1 is 0.760 bits per heavy atom. The van der Waals surface area contributed by atoms with Gasteiger partial charge in [0.2, 0.25) is 11.8 Å². The lowest BCUT2D eigenvalue weighted by Crippen LogP contribution is -2.54. The molecule has 3 fully saturated rings. The number of ether oxygens (including phenoxy) is 2. The first-order chi connectivity index (χ1) is 45.8. The van der Waals surface area contributed by atoms with E-state index in [1.54, 1.807) is 29.2 Å². The molecule has 5 aromatic rings. The van der Waals surface area contributed by atoms with Crippen molar-refractivity contribution in [2.75, 3.05) is 126 Å². The smallest absolute Gasteiger partial charge is 0.382 e. The first kappa shape index (κ1) is 71.2. The minimum Gasteiger partial charge on any atom is -0.382 e. The van der Waals surface area contributed by atoms with Crippen molar-refractivity contribution in [1.29, 1.82) is 0 Å². The molecular formula is C67H78ClF3N10O12S3. The number of imide groups is 2. The number of nitrogens with one attached hydrogen (secondary N) is 5. The minimum atomic E-state index is -6.17. The SMILES string of the molecule is CC1(C)CCC(c2ccc(Cl)cc2)=C(CN2CCN(c3ccc(C(=O)NS(=O)(=O)c4ccc(N[C@H](CCN5CCN(C(=O)NCCOCCOCCNc6cccc7c6C(=O)N(C6CCC(=O)NC6=O)C7=O)CC5)CSc5ccccc5)c(S(=O)(=O)C(F)(F)F)c4)cc3)CC2)C1. The van der Waals surface area contributed by atoms with Gasteiger partial charge in [-0.2, -0.15) is 13.2 Å². The van der Waals surface area contributed by atoms with Gasteiger partial charge < -0.3 is 35.2 Å². The molecule has 4 aliphatic heterocycles. The Morgan fingerprint density at radius 3 is 2.14 bits per heavy atom. The number of halogens is 4. The van der Waals surface area contributed by atoms with E-state index in [1.807, 2.05) is 47.2 Å². The normalized spacial score (nSPS) is 18.5. The molecular weight excluding hydrogens is 1330 g/mol. The molecule has 5 aliphatic rings. The molecule has 7 amide bonds. The predicted octanol–water partition coefficient (Wildman–Crippen LogP) is 8.37. The molecule has 5 aromatic carbocycles. The van der Waals surface area contributed by atoms with E-state index >= 15 is 0 Å². The summed E-state index contributed by atoms with van der Waals surface area (Å²) in [5.41, 5.74) is -0.648. The summed E-state index contributed by atoms with van der Waals surface area (Å²) in [7, 11) is -11.1. The van der Waals surface area contributed by atoms with E-state index in [9.17, 15) is 58.8 Å². The highest BCUT2D eigenvalue weighted by atomic mass is 35.5. The summed E-state index contributed by atoms with van der Waals surface area (Å²) in [6, 6.07) is 28.6. The van der Waals surface area contributed by atoms with Gasteiger partial charge in [-0.3, -0.25) is 44.0 Å². The fraction of sp³-hybridized carbons (Fsp3) is 0.433. The summed E-state index contributed by atoms with van der Waals surface area (Å²) >= 11 is 7.60. The van der Waals surface area contributed by atoms with Gasteiger partial charge in [-0.05, 0) is 128 Å². The molecule has 96 heavy (non-hydrogen) atoms. The zero-order valence-corrected chi connectivity index (χ0v) is 56.5. The Kier molecular flexibility index (Phi) is 23.2. The first-order valence-corrected chi connectivity index (χ1v) is 36.2. The number of anilines is 3.